The predicted octanol–water partition coefficient (Wildman–Crippen LogP) is 1.70. The number of hydrogen-bond donors (Lipinski definition) is 1. The molecule has 1 heterocycles. The Hall–Kier alpha value is -0.450. The largest absolute Gasteiger partial charge is 0.327 e. The first-order chi connectivity index (χ1) is 7.25. The van der Waals surface area contributed by atoms with Gasteiger partial charge in [-0.3, -0.25) is 0 Å². The van der Waals surface area contributed by atoms with E-state index in [9.17, 15) is 0 Å². The van der Waals surface area contributed by atoms with Crippen LogP contribution in [0.15, 0.2) is 10.9 Å². The Balaban J connectivity index is 1.65. The maximum absolute atomic E-state index is 6.06. The van der Waals surface area contributed by atoms with Gasteiger partial charge in [0.15, 0.2) is 0 Å². The normalized spacial score (nSPS) is 18.3. The Bertz CT molecular complexity index is 282. The second-order valence-corrected chi connectivity index (χ2v) is 5.23. The molecule has 1 aromatic rings. The summed E-state index contributed by atoms with van der Waals surface area (Å²) in [5.41, 5.74) is 9.12. The van der Waals surface area contributed by atoms with Gasteiger partial charge in [0.1, 0.15) is 0 Å². The molecule has 1 atom stereocenters. The van der Waals surface area contributed by atoms with Crippen LogP contribution < -0.4 is 5.73 Å². The molecule has 4 heteroatoms. The van der Waals surface area contributed by atoms with Gasteiger partial charge in [0.25, 0.3) is 0 Å². The number of rotatable bonds is 6. The standard InChI is InChI=1S/C11H19N3S/c1-14(6-10-7-15-8-13-10)5-4-11(12)9-2-3-9/h7-9,11H,2-6,12H2,1H3. The molecule has 2 N–H and O–H groups in total. The summed E-state index contributed by atoms with van der Waals surface area (Å²) in [6, 6.07) is 0.419. The van der Waals surface area contributed by atoms with Gasteiger partial charge in [-0.05, 0) is 38.8 Å². The van der Waals surface area contributed by atoms with Crippen LogP contribution in [0.3, 0.4) is 0 Å². The lowest BCUT2D eigenvalue weighted by Crippen LogP contribution is -2.29. The zero-order valence-corrected chi connectivity index (χ0v) is 10.0. The van der Waals surface area contributed by atoms with Crippen LogP contribution in [0.25, 0.3) is 0 Å². The summed E-state index contributed by atoms with van der Waals surface area (Å²) in [5.74, 6) is 0.817. The Morgan fingerprint density at radius 2 is 2.47 bits per heavy atom. The second kappa shape index (κ2) is 5.05. The van der Waals surface area contributed by atoms with Gasteiger partial charge in [-0.15, -0.1) is 11.3 Å². The van der Waals surface area contributed by atoms with Crippen LogP contribution in [0, 0.1) is 5.92 Å². The number of hydrogen-bond acceptors (Lipinski definition) is 4. The van der Waals surface area contributed by atoms with E-state index in [1.807, 2.05) is 5.51 Å². The van der Waals surface area contributed by atoms with Gasteiger partial charge in [0.2, 0.25) is 0 Å². The van der Waals surface area contributed by atoms with E-state index in [0.717, 1.165) is 25.4 Å². The number of nitrogens with two attached hydrogens (primary N) is 1. The van der Waals surface area contributed by atoms with Gasteiger partial charge >= 0.3 is 0 Å². The molecule has 1 aromatic heterocycles. The third-order valence-electron chi connectivity index (χ3n) is 2.99. The molecule has 0 radical (unpaired) electrons. The van der Waals surface area contributed by atoms with E-state index in [4.69, 9.17) is 5.73 Å². The molecule has 1 aliphatic carbocycles. The molecule has 0 amide bonds. The van der Waals surface area contributed by atoms with Crippen molar-refractivity contribution in [3.63, 3.8) is 0 Å². The molecule has 1 aliphatic rings. The fourth-order valence-electron chi connectivity index (χ4n) is 1.80. The summed E-state index contributed by atoms with van der Waals surface area (Å²) in [6.07, 6.45) is 3.80. The predicted molar refractivity (Wildman–Crippen MR) is 63.8 cm³/mol. The Labute approximate surface area is 95.3 Å². The summed E-state index contributed by atoms with van der Waals surface area (Å²) in [4.78, 5) is 6.58. The van der Waals surface area contributed by atoms with Crippen molar-refractivity contribution in [2.24, 2.45) is 11.7 Å². The van der Waals surface area contributed by atoms with E-state index in [0.29, 0.717) is 6.04 Å². The summed E-state index contributed by atoms with van der Waals surface area (Å²) in [6.45, 7) is 2.02. The SMILES string of the molecule is CN(CCC(N)C1CC1)Cc1cscn1. The van der Waals surface area contributed by atoms with Gasteiger partial charge in [-0.1, -0.05) is 0 Å². The van der Waals surface area contributed by atoms with Crippen molar-refractivity contribution in [1.29, 1.82) is 0 Å². The summed E-state index contributed by atoms with van der Waals surface area (Å²) < 4.78 is 0. The Kier molecular flexibility index (Phi) is 3.72. The highest BCUT2D eigenvalue weighted by Crippen LogP contribution is 2.32. The molecule has 0 bridgehead atoms. The lowest BCUT2D eigenvalue weighted by molar-refractivity contribution is 0.302. The molecule has 0 aromatic carbocycles. The smallest absolute Gasteiger partial charge is 0.0795 e. The monoisotopic (exact) mass is 225 g/mol. The lowest BCUT2D eigenvalue weighted by Gasteiger charge is -2.18. The van der Waals surface area contributed by atoms with Crippen LogP contribution in [-0.2, 0) is 6.54 Å². The minimum atomic E-state index is 0.419. The summed E-state index contributed by atoms with van der Waals surface area (Å²) in [7, 11) is 2.14. The number of nitrogens with zero attached hydrogens (tertiary/aromatic N) is 2. The van der Waals surface area contributed by atoms with E-state index < -0.39 is 0 Å². The van der Waals surface area contributed by atoms with E-state index in [1.54, 1.807) is 11.3 Å². The Morgan fingerprint density at radius 3 is 3.07 bits per heavy atom. The molecule has 1 unspecified atom stereocenters. The maximum atomic E-state index is 6.06. The maximum Gasteiger partial charge on any atom is 0.0795 e. The van der Waals surface area contributed by atoms with Gasteiger partial charge in [-0.25, -0.2) is 4.98 Å². The molecular weight excluding hydrogens is 206 g/mol. The van der Waals surface area contributed by atoms with Crippen molar-refractivity contribution >= 4 is 11.3 Å². The molecule has 0 spiro atoms. The van der Waals surface area contributed by atoms with E-state index in [2.05, 4.69) is 22.3 Å². The van der Waals surface area contributed by atoms with E-state index >= 15 is 0 Å². The summed E-state index contributed by atoms with van der Waals surface area (Å²) in [5, 5.41) is 2.11. The third kappa shape index (κ3) is 3.55. The average molecular weight is 225 g/mol. The topological polar surface area (TPSA) is 42.1 Å². The molecule has 15 heavy (non-hydrogen) atoms. The molecule has 1 fully saturated rings. The molecule has 0 aliphatic heterocycles. The van der Waals surface area contributed by atoms with Gasteiger partial charge in [0, 0.05) is 18.0 Å². The van der Waals surface area contributed by atoms with Gasteiger partial charge < -0.3 is 10.6 Å². The van der Waals surface area contributed by atoms with Crippen LogP contribution in [0.4, 0.5) is 0 Å². The zero-order chi connectivity index (χ0) is 10.7. The molecule has 2 rings (SSSR count). The van der Waals surface area contributed by atoms with Crippen LogP contribution in [0.1, 0.15) is 25.0 Å². The quantitative estimate of drug-likeness (QED) is 0.801. The zero-order valence-electron chi connectivity index (χ0n) is 9.22. The van der Waals surface area contributed by atoms with Crippen LogP contribution in [0.5, 0.6) is 0 Å². The second-order valence-electron chi connectivity index (χ2n) is 4.51. The fraction of sp³-hybridized carbons (Fsp3) is 0.727. The first-order valence-electron chi connectivity index (χ1n) is 5.57. The minimum absolute atomic E-state index is 0.419. The van der Waals surface area contributed by atoms with Gasteiger partial charge in [-0.2, -0.15) is 0 Å². The van der Waals surface area contributed by atoms with E-state index in [1.165, 1.54) is 18.5 Å². The molecule has 1 saturated carbocycles. The lowest BCUT2D eigenvalue weighted by atomic mass is 10.1. The van der Waals surface area contributed by atoms with E-state index in [-0.39, 0.29) is 0 Å². The number of aromatic nitrogens is 1. The minimum Gasteiger partial charge on any atom is -0.327 e. The van der Waals surface area contributed by atoms with Crippen LogP contribution >= 0.6 is 11.3 Å². The van der Waals surface area contributed by atoms with Gasteiger partial charge in [0.05, 0.1) is 11.2 Å². The van der Waals surface area contributed by atoms with Crippen LogP contribution in [0.2, 0.25) is 0 Å². The third-order valence-corrected chi connectivity index (χ3v) is 3.62. The molecule has 0 saturated heterocycles. The first kappa shape index (κ1) is 11.0. The molecule has 3 nitrogen and oxygen atoms in total. The van der Waals surface area contributed by atoms with Crippen molar-refractivity contribution < 1.29 is 0 Å². The fourth-order valence-corrected chi connectivity index (χ4v) is 2.35. The first-order valence-corrected chi connectivity index (χ1v) is 6.51. The Morgan fingerprint density at radius 1 is 1.67 bits per heavy atom. The summed E-state index contributed by atoms with van der Waals surface area (Å²) >= 11 is 1.66. The van der Waals surface area contributed by atoms with Crippen molar-refractivity contribution in [3.8, 4) is 0 Å². The molecule has 84 valence electrons. The average Bonchev–Trinajstić information content (AvgIpc) is 2.95. The highest BCUT2D eigenvalue weighted by Gasteiger charge is 2.28. The van der Waals surface area contributed by atoms with Crippen molar-refractivity contribution in [1.82, 2.24) is 9.88 Å². The number of thiazole rings is 1. The molecular formula is C11H19N3S. The highest BCUT2D eigenvalue weighted by atomic mass is 32.1. The van der Waals surface area contributed by atoms with Crippen molar-refractivity contribution in [3.05, 3.63) is 16.6 Å². The van der Waals surface area contributed by atoms with Crippen molar-refractivity contribution in [2.75, 3.05) is 13.6 Å². The highest BCUT2D eigenvalue weighted by molar-refractivity contribution is 7.07. The van der Waals surface area contributed by atoms with Crippen LogP contribution in [-0.4, -0.2) is 29.5 Å². The van der Waals surface area contributed by atoms with Crippen molar-refractivity contribution in [2.45, 2.75) is 31.8 Å².